The van der Waals surface area contributed by atoms with Gasteiger partial charge < -0.3 is 5.32 Å². The molecule has 2 unspecified atom stereocenters. The lowest BCUT2D eigenvalue weighted by atomic mass is 9.92. The molecule has 6 heteroatoms. The fourth-order valence-electron chi connectivity index (χ4n) is 3.36. The monoisotopic (exact) mass is 264 g/mol. The van der Waals surface area contributed by atoms with Crippen LogP contribution in [0.2, 0.25) is 0 Å². The third-order valence-electron chi connectivity index (χ3n) is 4.47. The standard InChI is InChI=1S/C13H24N6/c1-2-3-7-19-13(15-16-17-19)10-18-6-4-5-11-8-14-9-12(11)18/h11-12,14H,2-10H2,1H3. The maximum Gasteiger partial charge on any atom is 0.165 e. The minimum absolute atomic E-state index is 0.685. The molecule has 3 rings (SSSR count). The van der Waals surface area contributed by atoms with Crippen molar-refractivity contribution in [2.45, 2.75) is 51.7 Å². The second-order valence-corrected chi connectivity index (χ2v) is 5.77. The van der Waals surface area contributed by atoms with Crippen molar-refractivity contribution in [3.05, 3.63) is 5.82 Å². The molecule has 19 heavy (non-hydrogen) atoms. The minimum Gasteiger partial charge on any atom is -0.315 e. The topological polar surface area (TPSA) is 58.9 Å². The molecule has 0 amide bonds. The molecule has 0 bridgehead atoms. The first kappa shape index (κ1) is 13.0. The van der Waals surface area contributed by atoms with Crippen LogP contribution in [-0.4, -0.2) is 50.8 Å². The maximum atomic E-state index is 4.22. The number of fused-ring (bicyclic) bond motifs is 1. The summed E-state index contributed by atoms with van der Waals surface area (Å²) < 4.78 is 1.98. The van der Waals surface area contributed by atoms with Crippen LogP contribution in [0, 0.1) is 5.92 Å². The number of aromatic nitrogens is 4. The van der Waals surface area contributed by atoms with E-state index in [4.69, 9.17) is 0 Å². The highest BCUT2D eigenvalue weighted by Gasteiger charge is 2.35. The summed E-state index contributed by atoms with van der Waals surface area (Å²) >= 11 is 0. The second kappa shape index (κ2) is 5.96. The van der Waals surface area contributed by atoms with Gasteiger partial charge in [0.05, 0.1) is 6.54 Å². The lowest BCUT2D eigenvalue weighted by Gasteiger charge is -2.36. The molecule has 2 aliphatic rings. The molecule has 1 aromatic rings. The first-order chi connectivity index (χ1) is 9.38. The van der Waals surface area contributed by atoms with Crippen LogP contribution in [0.1, 0.15) is 38.4 Å². The molecular weight excluding hydrogens is 240 g/mol. The van der Waals surface area contributed by atoms with E-state index in [1.165, 1.54) is 32.4 Å². The zero-order chi connectivity index (χ0) is 13.1. The molecule has 0 spiro atoms. The van der Waals surface area contributed by atoms with Crippen LogP contribution >= 0.6 is 0 Å². The van der Waals surface area contributed by atoms with E-state index in [9.17, 15) is 0 Å². The Morgan fingerprint density at radius 1 is 1.37 bits per heavy atom. The van der Waals surface area contributed by atoms with Crippen molar-refractivity contribution in [2.24, 2.45) is 5.92 Å². The van der Waals surface area contributed by atoms with E-state index in [1.807, 2.05) is 4.68 Å². The predicted molar refractivity (Wildman–Crippen MR) is 72.5 cm³/mol. The van der Waals surface area contributed by atoms with Crippen molar-refractivity contribution in [3.63, 3.8) is 0 Å². The quantitative estimate of drug-likeness (QED) is 0.846. The zero-order valence-corrected chi connectivity index (χ0v) is 11.8. The summed E-state index contributed by atoms with van der Waals surface area (Å²) in [6.45, 7) is 7.54. The van der Waals surface area contributed by atoms with Crippen molar-refractivity contribution in [1.29, 1.82) is 0 Å². The number of aryl methyl sites for hydroxylation is 1. The van der Waals surface area contributed by atoms with Gasteiger partial charge in [-0.05, 0) is 48.7 Å². The Bertz CT molecular complexity index is 404. The summed E-state index contributed by atoms with van der Waals surface area (Å²) in [4.78, 5) is 2.57. The van der Waals surface area contributed by atoms with Crippen LogP contribution in [-0.2, 0) is 13.1 Å². The third-order valence-corrected chi connectivity index (χ3v) is 4.47. The Labute approximate surface area is 114 Å². The van der Waals surface area contributed by atoms with Gasteiger partial charge in [0, 0.05) is 19.1 Å². The van der Waals surface area contributed by atoms with E-state index >= 15 is 0 Å². The number of hydrogen-bond acceptors (Lipinski definition) is 5. The fourth-order valence-corrected chi connectivity index (χ4v) is 3.36. The summed E-state index contributed by atoms with van der Waals surface area (Å²) in [5, 5.41) is 15.7. The summed E-state index contributed by atoms with van der Waals surface area (Å²) in [7, 11) is 0. The Balaban J connectivity index is 1.65. The number of tetrazole rings is 1. The molecule has 0 aromatic carbocycles. The predicted octanol–water partition coefficient (Wildman–Crippen LogP) is 0.657. The number of nitrogens with zero attached hydrogens (tertiary/aromatic N) is 5. The summed E-state index contributed by atoms with van der Waals surface area (Å²) in [5.41, 5.74) is 0. The molecule has 0 radical (unpaired) electrons. The average molecular weight is 264 g/mol. The Morgan fingerprint density at radius 3 is 3.21 bits per heavy atom. The van der Waals surface area contributed by atoms with E-state index in [0.717, 1.165) is 37.8 Å². The molecule has 2 atom stereocenters. The zero-order valence-electron chi connectivity index (χ0n) is 11.8. The Hall–Kier alpha value is -1.01. The number of nitrogens with one attached hydrogen (secondary N) is 1. The van der Waals surface area contributed by atoms with Crippen LogP contribution in [0.25, 0.3) is 0 Å². The third kappa shape index (κ3) is 2.79. The van der Waals surface area contributed by atoms with Crippen LogP contribution in [0.5, 0.6) is 0 Å². The first-order valence-corrected chi connectivity index (χ1v) is 7.58. The summed E-state index contributed by atoms with van der Waals surface area (Å²) in [6, 6.07) is 0.685. The number of hydrogen-bond donors (Lipinski definition) is 1. The molecule has 0 aliphatic carbocycles. The van der Waals surface area contributed by atoms with Crippen molar-refractivity contribution in [1.82, 2.24) is 30.4 Å². The van der Waals surface area contributed by atoms with Gasteiger partial charge in [-0.2, -0.15) is 0 Å². The van der Waals surface area contributed by atoms with Gasteiger partial charge in [0.15, 0.2) is 5.82 Å². The van der Waals surface area contributed by atoms with Crippen LogP contribution in [0.15, 0.2) is 0 Å². The molecule has 6 nitrogen and oxygen atoms in total. The molecule has 0 saturated carbocycles. The molecular formula is C13H24N6. The van der Waals surface area contributed by atoms with Gasteiger partial charge in [-0.1, -0.05) is 13.3 Å². The van der Waals surface area contributed by atoms with Crippen molar-refractivity contribution < 1.29 is 0 Å². The number of rotatable bonds is 5. The van der Waals surface area contributed by atoms with Gasteiger partial charge in [-0.3, -0.25) is 4.90 Å². The van der Waals surface area contributed by atoms with E-state index < -0.39 is 0 Å². The first-order valence-electron chi connectivity index (χ1n) is 7.58. The highest BCUT2D eigenvalue weighted by atomic mass is 15.5. The molecule has 3 heterocycles. The van der Waals surface area contributed by atoms with Crippen molar-refractivity contribution >= 4 is 0 Å². The van der Waals surface area contributed by atoms with Crippen molar-refractivity contribution in [2.75, 3.05) is 19.6 Å². The fraction of sp³-hybridized carbons (Fsp3) is 0.923. The summed E-state index contributed by atoms with van der Waals surface area (Å²) in [5.74, 6) is 1.86. The Morgan fingerprint density at radius 2 is 2.32 bits per heavy atom. The van der Waals surface area contributed by atoms with E-state index in [1.54, 1.807) is 0 Å². The Kier molecular flexibility index (Phi) is 4.08. The van der Waals surface area contributed by atoms with Gasteiger partial charge in [0.2, 0.25) is 0 Å². The van der Waals surface area contributed by atoms with Crippen LogP contribution in [0.4, 0.5) is 0 Å². The number of unbranched alkanes of at least 4 members (excludes halogenated alkanes) is 1. The van der Waals surface area contributed by atoms with Gasteiger partial charge in [-0.15, -0.1) is 5.10 Å². The molecule has 106 valence electrons. The van der Waals surface area contributed by atoms with E-state index in [2.05, 4.69) is 32.7 Å². The minimum atomic E-state index is 0.685. The van der Waals surface area contributed by atoms with Crippen molar-refractivity contribution in [3.8, 4) is 0 Å². The normalized spacial score (nSPS) is 27.6. The SMILES string of the molecule is CCCCn1nnnc1CN1CCCC2CNCC21. The highest BCUT2D eigenvalue weighted by molar-refractivity contribution is 4.94. The number of likely N-dealkylation sites (tertiary alicyclic amines) is 1. The molecule has 1 N–H and O–H groups in total. The average Bonchev–Trinajstić information content (AvgIpc) is 3.05. The molecule has 2 fully saturated rings. The number of piperidine rings is 1. The maximum absolute atomic E-state index is 4.22. The molecule has 2 aliphatic heterocycles. The molecule has 2 saturated heterocycles. The highest BCUT2D eigenvalue weighted by Crippen LogP contribution is 2.27. The second-order valence-electron chi connectivity index (χ2n) is 5.77. The molecule has 1 aromatic heterocycles. The van der Waals surface area contributed by atoms with Gasteiger partial charge in [0.1, 0.15) is 0 Å². The van der Waals surface area contributed by atoms with Gasteiger partial charge in [-0.25, -0.2) is 4.68 Å². The van der Waals surface area contributed by atoms with Crippen LogP contribution in [0.3, 0.4) is 0 Å². The van der Waals surface area contributed by atoms with Gasteiger partial charge >= 0.3 is 0 Å². The van der Waals surface area contributed by atoms with E-state index in [0.29, 0.717) is 6.04 Å². The largest absolute Gasteiger partial charge is 0.315 e. The smallest absolute Gasteiger partial charge is 0.165 e. The van der Waals surface area contributed by atoms with Gasteiger partial charge in [0.25, 0.3) is 0 Å². The van der Waals surface area contributed by atoms with Crippen LogP contribution < -0.4 is 5.32 Å². The lowest BCUT2D eigenvalue weighted by Crippen LogP contribution is -2.44. The van der Waals surface area contributed by atoms with E-state index in [-0.39, 0.29) is 0 Å². The lowest BCUT2D eigenvalue weighted by molar-refractivity contribution is 0.112. The summed E-state index contributed by atoms with van der Waals surface area (Å²) in [6.07, 6.45) is 5.00.